The molecule has 0 spiro atoms. The maximum absolute atomic E-state index is 12.1. The molecule has 1 heterocycles. The van der Waals surface area contributed by atoms with Crippen molar-refractivity contribution in [3.05, 3.63) is 36.0 Å². The fourth-order valence-corrected chi connectivity index (χ4v) is 3.40. The Hall–Kier alpha value is -1.93. The molecular formula is C23H40N6O. The lowest BCUT2D eigenvalue weighted by molar-refractivity contribution is -0.120. The summed E-state index contributed by atoms with van der Waals surface area (Å²) in [5.74, 6) is 0.0813. The molecule has 7 N–H and O–H groups in total. The quantitative estimate of drug-likeness (QED) is 0.163. The monoisotopic (exact) mass is 417 g/mol. The van der Waals surface area contributed by atoms with E-state index >= 15 is 0 Å². The molecule has 1 aromatic heterocycles. The van der Waals surface area contributed by atoms with Crippen LogP contribution in [0.15, 0.2) is 30.5 Å². The number of hydrogen-bond donors (Lipinski definition) is 6. The highest BCUT2D eigenvalue weighted by Gasteiger charge is 2.07. The molecule has 2 rings (SSSR count). The normalized spacial score (nSPS) is 11.2. The van der Waals surface area contributed by atoms with Crippen LogP contribution >= 0.6 is 0 Å². The van der Waals surface area contributed by atoms with E-state index in [0.717, 1.165) is 88.0 Å². The smallest absolute Gasteiger partial charge is 0.224 e. The molecule has 0 radical (unpaired) electrons. The van der Waals surface area contributed by atoms with E-state index in [1.54, 1.807) is 0 Å². The number of hydrogen-bond acceptors (Lipinski definition) is 5. The molecule has 1 amide bonds. The number of amides is 1. The van der Waals surface area contributed by atoms with E-state index in [4.69, 9.17) is 5.73 Å². The molecule has 7 nitrogen and oxygen atoms in total. The standard InChI is InChI=1S/C23H40N6O/c24-10-3-4-11-25-12-5-13-26-14-6-15-27-16-7-17-28-23(30)18-20-19-29-22-9-2-1-8-21(20)22/h1-2,8-9,19,25-27,29H,3-7,10-18,24H2,(H,28,30)/i26+1. The first-order chi connectivity index (χ1) is 14.8. The van der Waals surface area contributed by atoms with E-state index in [1.807, 2.05) is 24.4 Å². The van der Waals surface area contributed by atoms with E-state index in [1.165, 1.54) is 6.42 Å². The lowest BCUT2D eigenvalue weighted by Gasteiger charge is -2.08. The van der Waals surface area contributed by atoms with Gasteiger partial charge in [-0.1, -0.05) is 18.2 Å². The van der Waals surface area contributed by atoms with Gasteiger partial charge in [0.25, 0.3) is 0 Å². The van der Waals surface area contributed by atoms with Gasteiger partial charge in [-0.05, 0) is 89.5 Å². The molecule has 0 fully saturated rings. The number of aromatic nitrogens is 1. The molecule has 0 aliphatic rings. The molecule has 0 saturated carbocycles. The summed E-state index contributed by atoms with van der Waals surface area (Å²) < 4.78 is 0. The van der Waals surface area contributed by atoms with Crippen LogP contribution in [0.25, 0.3) is 10.9 Å². The number of fused-ring (bicyclic) bond motifs is 1. The van der Waals surface area contributed by atoms with Crippen LogP contribution in [-0.4, -0.2) is 63.2 Å². The van der Waals surface area contributed by atoms with E-state index in [-0.39, 0.29) is 5.91 Å². The Kier molecular flexibility index (Phi) is 12.9. The van der Waals surface area contributed by atoms with Gasteiger partial charge in [-0.3, -0.25) is 4.79 Å². The van der Waals surface area contributed by atoms with Gasteiger partial charge in [-0.25, -0.2) is 0 Å². The molecule has 0 atom stereocenters. The minimum absolute atomic E-state index is 0.0813. The molecule has 0 aliphatic heterocycles. The minimum atomic E-state index is 0.0813. The number of para-hydroxylation sites is 1. The highest BCUT2D eigenvalue weighted by molar-refractivity contribution is 5.88. The van der Waals surface area contributed by atoms with Crippen molar-refractivity contribution < 1.29 is 4.79 Å². The Morgan fingerprint density at radius 2 is 1.40 bits per heavy atom. The summed E-state index contributed by atoms with van der Waals surface area (Å²) in [5, 5.41) is 14.5. The fourth-order valence-electron chi connectivity index (χ4n) is 3.40. The Morgan fingerprint density at radius 3 is 2.07 bits per heavy atom. The third-order valence-electron chi connectivity index (χ3n) is 5.10. The largest absolute Gasteiger partial charge is 0.361 e. The van der Waals surface area contributed by atoms with Crippen molar-refractivity contribution in [1.82, 2.24) is 26.3 Å². The zero-order valence-corrected chi connectivity index (χ0v) is 18.3. The van der Waals surface area contributed by atoms with Crippen molar-refractivity contribution in [3.8, 4) is 0 Å². The number of rotatable bonds is 18. The van der Waals surface area contributed by atoms with Crippen LogP contribution in [0, 0.1) is 0 Å². The van der Waals surface area contributed by atoms with Gasteiger partial charge in [-0.15, -0.1) is 0 Å². The van der Waals surface area contributed by atoms with Crippen molar-refractivity contribution in [1.29, 1.82) is 0 Å². The number of H-pyrrole nitrogens is 1. The zero-order chi connectivity index (χ0) is 21.3. The second-order valence-electron chi connectivity index (χ2n) is 7.69. The Morgan fingerprint density at radius 1 is 0.800 bits per heavy atom. The average molecular weight is 418 g/mol. The molecule has 1 aromatic carbocycles. The maximum atomic E-state index is 12.1. The number of unbranched alkanes of at least 4 members (excludes halogenated alkanes) is 1. The second kappa shape index (κ2) is 15.8. The minimum Gasteiger partial charge on any atom is -0.361 e. The summed E-state index contributed by atoms with van der Waals surface area (Å²) in [4.78, 5) is 15.4. The van der Waals surface area contributed by atoms with Gasteiger partial charge in [0.1, 0.15) is 0 Å². The van der Waals surface area contributed by atoms with Gasteiger partial charge >= 0.3 is 0 Å². The first-order valence-electron chi connectivity index (χ1n) is 11.4. The lowest BCUT2D eigenvalue weighted by Crippen LogP contribution is -2.29. The third-order valence-corrected chi connectivity index (χ3v) is 5.10. The van der Waals surface area contributed by atoms with Crippen LogP contribution in [0.4, 0.5) is 0 Å². The first kappa shape index (κ1) is 24.3. The van der Waals surface area contributed by atoms with Crippen molar-refractivity contribution >= 4 is 16.8 Å². The summed E-state index contributed by atoms with van der Waals surface area (Å²) >= 11 is 0. The highest BCUT2D eigenvalue weighted by atomic mass is 16.1. The highest BCUT2D eigenvalue weighted by Crippen LogP contribution is 2.17. The SMILES string of the molecule is NCCCCNCCC[15NH]CCCNCCCNC(=O)Cc1c[nH]c2ccccc12. The topological polar surface area (TPSA) is 107 Å². The second-order valence-corrected chi connectivity index (χ2v) is 7.69. The van der Waals surface area contributed by atoms with Crippen LogP contribution in [0.2, 0.25) is 0 Å². The number of carbonyl (C=O) groups is 1. The Labute approximate surface area is 180 Å². The maximum Gasteiger partial charge on any atom is 0.224 e. The average Bonchev–Trinajstić information content (AvgIpc) is 3.16. The molecular weight excluding hydrogens is 377 g/mol. The fraction of sp³-hybridized carbons (Fsp3) is 0.609. The van der Waals surface area contributed by atoms with E-state index in [9.17, 15) is 4.79 Å². The van der Waals surface area contributed by atoms with E-state index in [0.29, 0.717) is 13.0 Å². The lowest BCUT2D eigenvalue weighted by atomic mass is 10.1. The van der Waals surface area contributed by atoms with Gasteiger partial charge in [0.2, 0.25) is 5.91 Å². The number of carbonyl (C=O) groups excluding carboxylic acids is 1. The molecule has 2 aromatic rings. The van der Waals surface area contributed by atoms with Crippen LogP contribution in [0.1, 0.15) is 37.7 Å². The zero-order valence-electron chi connectivity index (χ0n) is 18.3. The van der Waals surface area contributed by atoms with Gasteiger partial charge in [0.05, 0.1) is 6.42 Å². The summed E-state index contributed by atoms with van der Waals surface area (Å²) in [6, 6.07) is 8.08. The summed E-state index contributed by atoms with van der Waals surface area (Å²) in [5.41, 5.74) is 7.60. The van der Waals surface area contributed by atoms with E-state index < -0.39 is 0 Å². The molecule has 0 bridgehead atoms. The number of benzene rings is 1. The van der Waals surface area contributed by atoms with Crippen molar-refractivity contribution in [2.75, 3.05) is 52.4 Å². The molecule has 168 valence electrons. The summed E-state index contributed by atoms with van der Waals surface area (Å²) in [7, 11) is 0. The summed E-state index contributed by atoms with van der Waals surface area (Å²) in [6.45, 7) is 7.69. The molecule has 0 unspecified atom stereocenters. The van der Waals surface area contributed by atoms with Gasteiger partial charge < -0.3 is 32.0 Å². The van der Waals surface area contributed by atoms with Crippen LogP contribution < -0.4 is 27.0 Å². The molecule has 0 saturated heterocycles. The molecule has 0 aliphatic carbocycles. The van der Waals surface area contributed by atoms with Crippen LogP contribution in [0.5, 0.6) is 0 Å². The van der Waals surface area contributed by atoms with Crippen LogP contribution in [0.3, 0.4) is 0 Å². The van der Waals surface area contributed by atoms with Gasteiger partial charge in [0.15, 0.2) is 0 Å². The van der Waals surface area contributed by atoms with Crippen LogP contribution in [-0.2, 0) is 11.2 Å². The van der Waals surface area contributed by atoms with Crippen molar-refractivity contribution in [3.63, 3.8) is 0 Å². The Bertz CT molecular complexity index is 702. The molecule has 30 heavy (non-hydrogen) atoms. The Balaban J connectivity index is 1.35. The van der Waals surface area contributed by atoms with Gasteiger partial charge in [-0.2, -0.15) is 0 Å². The third kappa shape index (κ3) is 10.2. The predicted molar refractivity (Wildman–Crippen MR) is 126 cm³/mol. The summed E-state index contributed by atoms with van der Waals surface area (Å²) in [6.07, 6.45) is 7.86. The number of nitrogens with one attached hydrogen (secondary N) is 5. The van der Waals surface area contributed by atoms with Crippen molar-refractivity contribution in [2.45, 2.75) is 38.5 Å². The van der Waals surface area contributed by atoms with E-state index in [2.05, 4.69) is 32.3 Å². The number of nitrogens with two attached hydrogens (primary N) is 1. The molecule has 7 heteroatoms. The predicted octanol–water partition coefficient (Wildman–Crippen LogP) is 1.50. The first-order valence-corrected chi connectivity index (χ1v) is 11.4. The van der Waals surface area contributed by atoms with Crippen molar-refractivity contribution in [2.24, 2.45) is 5.73 Å². The van der Waals surface area contributed by atoms with Gasteiger partial charge in [0, 0.05) is 23.6 Å². The number of aromatic amines is 1.